The standard InChI is InChI=1S/C27H23ClN2O3/c1-18-7-11-23(24(28)13-18)27(31)30-29-16-19-9-12-25(26(15-19)32-2)33-17-20-8-10-21-5-3-4-6-22(21)14-20/h3-16H,17H2,1-2H3,(H,30,31)/b29-16-. The highest BCUT2D eigenvalue weighted by Gasteiger charge is 2.10. The second-order valence-electron chi connectivity index (χ2n) is 7.56. The number of hydrazone groups is 1. The van der Waals surface area contributed by atoms with Crippen LogP contribution in [0, 0.1) is 6.92 Å². The van der Waals surface area contributed by atoms with Crippen LogP contribution in [0.2, 0.25) is 5.02 Å². The minimum absolute atomic E-state index is 0.370. The van der Waals surface area contributed by atoms with Crippen LogP contribution in [0.15, 0.2) is 84.0 Å². The molecule has 1 N–H and O–H groups in total. The SMILES string of the molecule is COc1cc(/C=N\NC(=O)c2ccc(C)cc2Cl)ccc1OCc1ccc2ccccc2c1. The van der Waals surface area contributed by atoms with Crippen LogP contribution in [0.1, 0.15) is 27.0 Å². The van der Waals surface area contributed by atoms with Crippen LogP contribution in [0.25, 0.3) is 10.8 Å². The number of ether oxygens (including phenoxy) is 2. The summed E-state index contributed by atoms with van der Waals surface area (Å²) in [5.41, 5.74) is 5.67. The number of carbonyl (C=O) groups is 1. The predicted octanol–water partition coefficient (Wildman–Crippen LogP) is 6.15. The number of hydrogen-bond donors (Lipinski definition) is 1. The quantitative estimate of drug-likeness (QED) is 0.267. The van der Waals surface area contributed by atoms with Gasteiger partial charge in [0.2, 0.25) is 0 Å². The Morgan fingerprint density at radius 2 is 1.79 bits per heavy atom. The molecule has 4 aromatic rings. The van der Waals surface area contributed by atoms with Gasteiger partial charge < -0.3 is 9.47 Å². The number of aryl methyl sites for hydroxylation is 1. The zero-order valence-corrected chi connectivity index (χ0v) is 19.1. The van der Waals surface area contributed by atoms with Crippen LogP contribution in [-0.2, 0) is 6.61 Å². The number of methoxy groups -OCH3 is 1. The largest absolute Gasteiger partial charge is 0.493 e. The lowest BCUT2D eigenvalue weighted by Gasteiger charge is -2.12. The summed E-state index contributed by atoms with van der Waals surface area (Å²) < 4.78 is 11.5. The molecule has 6 heteroatoms. The summed E-state index contributed by atoms with van der Waals surface area (Å²) in [5, 5.41) is 6.78. The highest BCUT2D eigenvalue weighted by molar-refractivity contribution is 6.33. The molecule has 4 aromatic carbocycles. The first kappa shape index (κ1) is 22.4. The van der Waals surface area contributed by atoms with E-state index in [2.05, 4.69) is 40.9 Å². The first-order valence-electron chi connectivity index (χ1n) is 10.4. The average molecular weight is 459 g/mol. The molecule has 33 heavy (non-hydrogen) atoms. The van der Waals surface area contributed by atoms with Gasteiger partial charge in [0, 0.05) is 0 Å². The van der Waals surface area contributed by atoms with E-state index in [-0.39, 0.29) is 5.91 Å². The summed E-state index contributed by atoms with van der Waals surface area (Å²) in [5.74, 6) is 0.824. The van der Waals surface area contributed by atoms with Crippen LogP contribution < -0.4 is 14.9 Å². The summed E-state index contributed by atoms with van der Waals surface area (Å²) in [6.07, 6.45) is 1.54. The van der Waals surface area contributed by atoms with E-state index in [1.165, 1.54) is 17.0 Å². The number of benzene rings is 4. The number of carbonyl (C=O) groups excluding carboxylic acids is 1. The summed E-state index contributed by atoms with van der Waals surface area (Å²) in [7, 11) is 1.58. The Labute approximate surface area is 197 Å². The minimum Gasteiger partial charge on any atom is -0.493 e. The Morgan fingerprint density at radius 1 is 0.970 bits per heavy atom. The monoisotopic (exact) mass is 458 g/mol. The van der Waals surface area contributed by atoms with Crippen LogP contribution in [0.4, 0.5) is 0 Å². The Morgan fingerprint density at radius 3 is 2.58 bits per heavy atom. The van der Waals surface area contributed by atoms with Crippen molar-refractivity contribution in [3.05, 3.63) is 106 Å². The molecule has 0 heterocycles. The van der Waals surface area contributed by atoms with Gasteiger partial charge in [-0.1, -0.05) is 54.1 Å². The molecule has 0 spiro atoms. The Bertz CT molecular complexity index is 1330. The number of nitrogens with one attached hydrogen (secondary N) is 1. The van der Waals surface area contributed by atoms with Crippen molar-refractivity contribution in [2.24, 2.45) is 5.10 Å². The maximum absolute atomic E-state index is 12.3. The second kappa shape index (κ2) is 10.2. The van der Waals surface area contributed by atoms with Crippen LogP contribution in [0.3, 0.4) is 0 Å². The number of amides is 1. The average Bonchev–Trinajstić information content (AvgIpc) is 2.82. The molecule has 0 radical (unpaired) electrons. The van der Waals surface area contributed by atoms with Gasteiger partial charge in [0.1, 0.15) is 6.61 Å². The summed E-state index contributed by atoms with van der Waals surface area (Å²) in [4.78, 5) is 12.3. The number of halogens is 1. The van der Waals surface area contributed by atoms with E-state index >= 15 is 0 Å². The van der Waals surface area contributed by atoms with Crippen LogP contribution >= 0.6 is 11.6 Å². The summed E-state index contributed by atoms with van der Waals surface area (Å²) >= 11 is 6.14. The van der Waals surface area contributed by atoms with Crippen molar-refractivity contribution in [1.29, 1.82) is 0 Å². The molecule has 0 aliphatic rings. The molecule has 0 saturated carbocycles. The van der Waals surface area contributed by atoms with E-state index < -0.39 is 0 Å². The van der Waals surface area contributed by atoms with Crippen LogP contribution in [0.5, 0.6) is 11.5 Å². The van der Waals surface area contributed by atoms with E-state index in [1.807, 2.05) is 37.3 Å². The zero-order valence-electron chi connectivity index (χ0n) is 18.3. The van der Waals surface area contributed by atoms with Gasteiger partial charge in [-0.25, -0.2) is 5.43 Å². The van der Waals surface area contributed by atoms with E-state index in [4.69, 9.17) is 21.1 Å². The smallest absolute Gasteiger partial charge is 0.272 e. The topological polar surface area (TPSA) is 59.9 Å². The van der Waals surface area contributed by atoms with Crippen molar-refractivity contribution in [1.82, 2.24) is 5.43 Å². The van der Waals surface area contributed by atoms with Crippen molar-refractivity contribution in [3.63, 3.8) is 0 Å². The van der Waals surface area contributed by atoms with Gasteiger partial charge in [-0.05, 0) is 70.8 Å². The molecule has 0 aromatic heterocycles. The molecule has 0 saturated heterocycles. The van der Waals surface area contributed by atoms with Gasteiger partial charge in [-0.2, -0.15) is 5.10 Å². The fourth-order valence-corrected chi connectivity index (χ4v) is 3.72. The van der Waals surface area contributed by atoms with Crippen molar-refractivity contribution in [2.75, 3.05) is 7.11 Å². The van der Waals surface area contributed by atoms with E-state index in [9.17, 15) is 4.79 Å². The maximum atomic E-state index is 12.3. The zero-order chi connectivity index (χ0) is 23.2. The fourth-order valence-electron chi connectivity index (χ4n) is 3.40. The third kappa shape index (κ3) is 5.51. The molecular formula is C27H23ClN2O3. The predicted molar refractivity (Wildman–Crippen MR) is 133 cm³/mol. The molecule has 166 valence electrons. The molecular weight excluding hydrogens is 436 g/mol. The molecule has 0 atom stereocenters. The summed E-state index contributed by atoms with van der Waals surface area (Å²) in [6.45, 7) is 2.33. The second-order valence-corrected chi connectivity index (χ2v) is 7.97. The summed E-state index contributed by atoms with van der Waals surface area (Å²) in [6, 6.07) is 25.2. The Balaban J connectivity index is 1.41. The van der Waals surface area contributed by atoms with Crippen molar-refractivity contribution < 1.29 is 14.3 Å². The molecule has 0 aliphatic heterocycles. The van der Waals surface area contributed by atoms with Gasteiger partial charge in [-0.3, -0.25) is 4.79 Å². The van der Waals surface area contributed by atoms with Gasteiger partial charge in [0.15, 0.2) is 11.5 Å². The number of rotatable bonds is 7. The molecule has 0 unspecified atom stereocenters. The lowest BCUT2D eigenvalue weighted by atomic mass is 10.1. The fraction of sp³-hybridized carbons (Fsp3) is 0.111. The number of nitrogens with zero attached hydrogens (tertiary/aromatic N) is 1. The van der Waals surface area contributed by atoms with Gasteiger partial charge in [-0.15, -0.1) is 0 Å². The highest BCUT2D eigenvalue weighted by atomic mass is 35.5. The normalized spacial score (nSPS) is 11.0. The van der Waals surface area contributed by atoms with Crippen molar-refractivity contribution >= 4 is 34.5 Å². The van der Waals surface area contributed by atoms with E-state index in [0.717, 1.165) is 16.7 Å². The number of hydrogen-bond acceptors (Lipinski definition) is 4. The lowest BCUT2D eigenvalue weighted by molar-refractivity contribution is 0.0955. The molecule has 0 fully saturated rings. The number of fused-ring (bicyclic) bond motifs is 1. The molecule has 0 aliphatic carbocycles. The van der Waals surface area contributed by atoms with Gasteiger partial charge in [0.25, 0.3) is 5.91 Å². The Kier molecular flexibility index (Phi) is 6.91. The lowest BCUT2D eigenvalue weighted by Crippen LogP contribution is -2.18. The third-order valence-electron chi connectivity index (χ3n) is 5.14. The van der Waals surface area contributed by atoms with Crippen molar-refractivity contribution in [2.45, 2.75) is 13.5 Å². The van der Waals surface area contributed by atoms with E-state index in [0.29, 0.717) is 28.7 Å². The first-order valence-corrected chi connectivity index (χ1v) is 10.8. The first-order chi connectivity index (χ1) is 16.0. The van der Waals surface area contributed by atoms with Crippen LogP contribution in [-0.4, -0.2) is 19.2 Å². The third-order valence-corrected chi connectivity index (χ3v) is 5.46. The van der Waals surface area contributed by atoms with Crippen molar-refractivity contribution in [3.8, 4) is 11.5 Å². The minimum atomic E-state index is -0.376. The Hall–Kier alpha value is -3.83. The van der Waals surface area contributed by atoms with Gasteiger partial charge >= 0.3 is 0 Å². The molecule has 4 rings (SSSR count). The molecule has 0 bridgehead atoms. The molecule has 5 nitrogen and oxygen atoms in total. The highest BCUT2D eigenvalue weighted by Crippen LogP contribution is 2.29. The molecule has 1 amide bonds. The maximum Gasteiger partial charge on any atom is 0.272 e. The van der Waals surface area contributed by atoms with E-state index in [1.54, 1.807) is 25.3 Å². The van der Waals surface area contributed by atoms with Gasteiger partial charge in [0.05, 0.1) is 23.9 Å².